The van der Waals surface area contributed by atoms with Crippen LogP contribution in [-0.4, -0.2) is 12.2 Å². The Morgan fingerprint density at radius 1 is 0.737 bits per heavy atom. The van der Waals surface area contributed by atoms with Gasteiger partial charge in [0.2, 0.25) is 0 Å². The van der Waals surface area contributed by atoms with Crippen LogP contribution in [0.25, 0.3) is 0 Å². The third-order valence-electron chi connectivity index (χ3n) is 3.72. The minimum Gasteiger partial charge on any atom is -0.369 e. The molecule has 1 saturated heterocycles. The maximum absolute atomic E-state index is 5.63. The van der Waals surface area contributed by atoms with Crippen molar-refractivity contribution in [2.75, 3.05) is 0 Å². The highest BCUT2D eigenvalue weighted by Gasteiger charge is 2.35. The fourth-order valence-corrected chi connectivity index (χ4v) is 2.38. The summed E-state index contributed by atoms with van der Waals surface area (Å²) < 4.78 is 5.63. The molecule has 0 aliphatic carbocycles. The molecule has 0 bridgehead atoms. The van der Waals surface area contributed by atoms with Crippen LogP contribution in [0.4, 0.5) is 0 Å². The average Bonchev–Trinajstić information content (AvgIpc) is 3.16. The van der Waals surface area contributed by atoms with Gasteiger partial charge in [-0.2, -0.15) is 0 Å². The smallest absolute Gasteiger partial charge is 0.0879 e. The van der Waals surface area contributed by atoms with E-state index in [1.165, 1.54) is 44.9 Å². The third-order valence-corrected chi connectivity index (χ3v) is 3.72. The van der Waals surface area contributed by atoms with Crippen molar-refractivity contribution in [2.45, 2.75) is 90.3 Å². The lowest BCUT2D eigenvalue weighted by Gasteiger charge is -1.97. The van der Waals surface area contributed by atoms with Crippen molar-refractivity contribution >= 4 is 0 Å². The summed E-state index contributed by atoms with van der Waals surface area (Å²) in [5.41, 5.74) is 0. The lowest BCUT2D eigenvalue weighted by Crippen LogP contribution is -1.90. The van der Waals surface area contributed by atoms with Crippen molar-refractivity contribution in [3.05, 3.63) is 24.3 Å². The van der Waals surface area contributed by atoms with Crippen molar-refractivity contribution in [2.24, 2.45) is 0 Å². The van der Waals surface area contributed by atoms with Gasteiger partial charge in [0.25, 0.3) is 0 Å². The molecular weight excluding hydrogens is 232 g/mol. The molecule has 0 saturated carbocycles. The van der Waals surface area contributed by atoms with E-state index < -0.39 is 0 Å². The van der Waals surface area contributed by atoms with E-state index in [2.05, 4.69) is 38.2 Å². The number of hydrogen-bond donors (Lipinski definition) is 0. The number of hydrogen-bond acceptors (Lipinski definition) is 1. The number of unbranched alkanes of at least 4 members (excludes halogenated alkanes) is 6. The van der Waals surface area contributed by atoms with Gasteiger partial charge < -0.3 is 4.74 Å². The molecule has 1 nitrogen and oxygen atoms in total. The zero-order valence-electron chi connectivity index (χ0n) is 12.9. The minimum atomic E-state index is 0.501. The molecule has 0 radical (unpaired) electrons. The van der Waals surface area contributed by atoms with Gasteiger partial charge >= 0.3 is 0 Å². The van der Waals surface area contributed by atoms with Crippen LogP contribution in [0, 0.1) is 0 Å². The van der Waals surface area contributed by atoms with Crippen LogP contribution in [0.5, 0.6) is 0 Å². The number of ether oxygens (including phenoxy) is 1. The zero-order chi connectivity index (χ0) is 13.8. The number of allylic oxidation sites excluding steroid dienone is 2. The number of rotatable bonds is 12. The molecule has 1 aliphatic heterocycles. The Hall–Kier alpha value is -0.560. The summed E-state index contributed by atoms with van der Waals surface area (Å²) in [6, 6.07) is 0. The molecule has 1 fully saturated rings. The summed E-state index contributed by atoms with van der Waals surface area (Å²) in [6.07, 6.45) is 23.1. The van der Waals surface area contributed by atoms with Crippen molar-refractivity contribution in [1.29, 1.82) is 0 Å². The average molecular weight is 264 g/mol. The molecule has 2 unspecified atom stereocenters. The van der Waals surface area contributed by atoms with E-state index in [-0.39, 0.29) is 0 Å². The maximum atomic E-state index is 5.63. The quantitative estimate of drug-likeness (QED) is 0.246. The summed E-state index contributed by atoms with van der Waals surface area (Å²) in [5, 5.41) is 0. The predicted octanol–water partition coefficient (Wildman–Crippen LogP) is 5.81. The molecule has 0 amide bonds. The maximum Gasteiger partial charge on any atom is 0.0879 e. The largest absolute Gasteiger partial charge is 0.369 e. The molecule has 1 aliphatic rings. The molecule has 1 rings (SSSR count). The van der Waals surface area contributed by atoms with Gasteiger partial charge in [0.05, 0.1) is 12.2 Å². The van der Waals surface area contributed by atoms with Gasteiger partial charge in [-0.25, -0.2) is 0 Å². The Kier molecular flexibility index (Phi) is 9.79. The molecule has 1 heterocycles. The summed E-state index contributed by atoms with van der Waals surface area (Å²) >= 11 is 0. The third kappa shape index (κ3) is 9.04. The van der Waals surface area contributed by atoms with Crippen LogP contribution >= 0.6 is 0 Å². The molecule has 0 aromatic rings. The van der Waals surface area contributed by atoms with Crippen LogP contribution in [0.15, 0.2) is 24.3 Å². The highest BCUT2D eigenvalue weighted by Crippen LogP contribution is 2.29. The Morgan fingerprint density at radius 2 is 1.37 bits per heavy atom. The van der Waals surface area contributed by atoms with E-state index >= 15 is 0 Å². The van der Waals surface area contributed by atoms with E-state index in [0.29, 0.717) is 12.2 Å². The highest BCUT2D eigenvalue weighted by atomic mass is 16.6. The predicted molar refractivity (Wildman–Crippen MR) is 84.5 cm³/mol. The lowest BCUT2D eigenvalue weighted by molar-refractivity contribution is 0.372. The highest BCUT2D eigenvalue weighted by molar-refractivity contribution is 4.97. The number of epoxide rings is 1. The summed E-state index contributed by atoms with van der Waals surface area (Å²) in [5.74, 6) is 0. The second-order valence-corrected chi connectivity index (χ2v) is 5.59. The lowest BCUT2D eigenvalue weighted by atomic mass is 10.1. The van der Waals surface area contributed by atoms with E-state index in [9.17, 15) is 0 Å². The second-order valence-electron chi connectivity index (χ2n) is 5.59. The van der Waals surface area contributed by atoms with E-state index in [0.717, 1.165) is 19.3 Å². The standard InChI is InChI=1S/C18H32O/c1-3-5-7-8-9-10-11-12-14-16-18-17(19-18)15-13-6-4-2/h6,12-14,17-18H,3-5,7-11,15-16H2,1-2H3/b13-6-,14-12?. The van der Waals surface area contributed by atoms with Gasteiger partial charge in [0.1, 0.15) is 0 Å². The first kappa shape index (κ1) is 16.5. The van der Waals surface area contributed by atoms with Crippen molar-refractivity contribution in [3.63, 3.8) is 0 Å². The van der Waals surface area contributed by atoms with Crippen LogP contribution in [0.1, 0.15) is 78.1 Å². The minimum absolute atomic E-state index is 0.501. The van der Waals surface area contributed by atoms with Gasteiger partial charge in [-0.3, -0.25) is 0 Å². The Labute approximate surface area is 120 Å². The Balaban J connectivity index is 1.85. The fourth-order valence-electron chi connectivity index (χ4n) is 2.38. The van der Waals surface area contributed by atoms with Gasteiger partial charge in [-0.05, 0) is 32.1 Å². The van der Waals surface area contributed by atoms with Gasteiger partial charge in [0, 0.05) is 0 Å². The first-order valence-electron chi connectivity index (χ1n) is 8.34. The molecule has 0 aromatic heterocycles. The molecule has 110 valence electrons. The van der Waals surface area contributed by atoms with E-state index in [1.54, 1.807) is 0 Å². The first-order valence-corrected chi connectivity index (χ1v) is 8.34. The monoisotopic (exact) mass is 264 g/mol. The molecule has 19 heavy (non-hydrogen) atoms. The van der Waals surface area contributed by atoms with Crippen LogP contribution in [0.2, 0.25) is 0 Å². The van der Waals surface area contributed by atoms with Crippen molar-refractivity contribution in [1.82, 2.24) is 0 Å². The Morgan fingerprint density at radius 3 is 2.05 bits per heavy atom. The van der Waals surface area contributed by atoms with Crippen molar-refractivity contribution < 1.29 is 4.74 Å². The topological polar surface area (TPSA) is 12.5 Å². The van der Waals surface area contributed by atoms with Gasteiger partial charge in [-0.1, -0.05) is 70.3 Å². The summed E-state index contributed by atoms with van der Waals surface area (Å²) in [6.45, 7) is 4.45. The van der Waals surface area contributed by atoms with E-state index in [4.69, 9.17) is 4.74 Å². The van der Waals surface area contributed by atoms with Crippen molar-refractivity contribution in [3.8, 4) is 0 Å². The van der Waals surface area contributed by atoms with E-state index in [1.807, 2.05) is 0 Å². The zero-order valence-corrected chi connectivity index (χ0v) is 12.9. The van der Waals surface area contributed by atoms with Gasteiger partial charge in [-0.15, -0.1) is 0 Å². The van der Waals surface area contributed by atoms with Crippen LogP contribution < -0.4 is 0 Å². The normalized spacial score (nSPS) is 22.6. The SMILES string of the molecule is CC/C=C\CC1OC1CC=CCCCCCCCC. The summed E-state index contributed by atoms with van der Waals surface area (Å²) in [7, 11) is 0. The second kappa shape index (κ2) is 11.3. The molecule has 1 heteroatoms. The van der Waals surface area contributed by atoms with Gasteiger partial charge in [0.15, 0.2) is 0 Å². The summed E-state index contributed by atoms with van der Waals surface area (Å²) in [4.78, 5) is 0. The molecule has 2 atom stereocenters. The fraction of sp³-hybridized carbons (Fsp3) is 0.778. The van der Waals surface area contributed by atoms with Crippen LogP contribution in [-0.2, 0) is 4.74 Å². The van der Waals surface area contributed by atoms with Crippen LogP contribution in [0.3, 0.4) is 0 Å². The first-order chi connectivity index (χ1) is 9.38. The molecule has 0 spiro atoms. The Bertz CT molecular complexity index is 254. The molecular formula is C18H32O. The molecule has 0 aromatic carbocycles. The molecule has 0 N–H and O–H groups in total.